The molecule has 23 heavy (non-hydrogen) atoms. The number of ketones is 1. The van der Waals surface area contributed by atoms with Gasteiger partial charge in [0, 0.05) is 5.56 Å². The lowest BCUT2D eigenvalue weighted by molar-refractivity contribution is 0.103. The zero-order chi connectivity index (χ0) is 16.3. The van der Waals surface area contributed by atoms with Crippen LogP contribution >= 0.6 is 0 Å². The van der Waals surface area contributed by atoms with Crippen molar-refractivity contribution in [3.63, 3.8) is 0 Å². The smallest absolute Gasteiger partial charge is 0.261 e. The Bertz CT molecular complexity index is 922. The number of sulfonamides is 1. The van der Waals surface area contributed by atoms with Crippen LogP contribution in [-0.4, -0.2) is 29.6 Å². The molecule has 7 nitrogen and oxygen atoms in total. The van der Waals surface area contributed by atoms with Crippen molar-refractivity contribution in [1.29, 1.82) is 0 Å². The number of para-hydroxylation sites is 1. The van der Waals surface area contributed by atoms with E-state index in [1.807, 2.05) is 0 Å². The van der Waals surface area contributed by atoms with Gasteiger partial charge in [-0.3, -0.25) is 14.6 Å². The predicted octanol–water partition coefficient (Wildman–Crippen LogP) is 1.84. The third-order valence-electron chi connectivity index (χ3n) is 3.13. The van der Waals surface area contributed by atoms with Gasteiger partial charge < -0.3 is 0 Å². The summed E-state index contributed by atoms with van der Waals surface area (Å²) in [6.45, 7) is 0. The summed E-state index contributed by atoms with van der Waals surface area (Å²) in [6, 6.07) is 14.3. The second-order valence-corrected chi connectivity index (χ2v) is 6.35. The van der Waals surface area contributed by atoms with Crippen LogP contribution in [0.25, 0.3) is 0 Å². The third kappa shape index (κ3) is 3.11. The van der Waals surface area contributed by atoms with Crippen LogP contribution in [0.4, 0.5) is 5.69 Å². The lowest BCUT2D eigenvalue weighted by atomic mass is 10.1. The first-order valence-corrected chi connectivity index (χ1v) is 8.14. The summed E-state index contributed by atoms with van der Waals surface area (Å²) >= 11 is 0. The van der Waals surface area contributed by atoms with Gasteiger partial charge in [-0.1, -0.05) is 35.5 Å². The number of carbonyl (C=O) groups excluding carboxylic acids is 1. The Morgan fingerprint density at radius 1 is 1.00 bits per heavy atom. The first-order valence-electron chi connectivity index (χ1n) is 6.65. The van der Waals surface area contributed by atoms with Gasteiger partial charge in [0.05, 0.1) is 16.8 Å². The molecule has 0 bridgehead atoms. The number of nitrogens with one attached hydrogen (secondary N) is 2. The summed E-state index contributed by atoms with van der Waals surface area (Å²) < 4.78 is 27.3. The van der Waals surface area contributed by atoms with E-state index in [0.29, 0.717) is 0 Å². The molecule has 3 rings (SSSR count). The number of hydrogen-bond acceptors (Lipinski definition) is 5. The molecule has 0 aliphatic rings. The molecule has 0 spiro atoms. The molecular weight excluding hydrogens is 316 g/mol. The molecule has 0 amide bonds. The van der Waals surface area contributed by atoms with Crippen molar-refractivity contribution in [3.8, 4) is 0 Å². The van der Waals surface area contributed by atoms with E-state index >= 15 is 0 Å². The maximum Gasteiger partial charge on any atom is 0.261 e. The average Bonchev–Trinajstić information content (AvgIpc) is 3.10. The fraction of sp³-hybridized carbons (Fsp3) is 0. The average molecular weight is 328 g/mol. The third-order valence-corrected chi connectivity index (χ3v) is 4.51. The minimum absolute atomic E-state index is 0.116. The van der Waals surface area contributed by atoms with Crippen LogP contribution in [0.5, 0.6) is 0 Å². The number of rotatable bonds is 5. The van der Waals surface area contributed by atoms with E-state index in [-0.39, 0.29) is 21.8 Å². The Kier molecular flexibility index (Phi) is 3.90. The number of carbonyl (C=O) groups is 1. The van der Waals surface area contributed by atoms with E-state index in [1.54, 1.807) is 30.3 Å². The Balaban J connectivity index is 1.97. The van der Waals surface area contributed by atoms with Crippen LogP contribution in [0.2, 0.25) is 0 Å². The number of hydrogen-bond donors (Lipinski definition) is 2. The highest BCUT2D eigenvalue weighted by atomic mass is 32.2. The summed E-state index contributed by atoms with van der Waals surface area (Å²) in [5, 5.41) is 9.51. The summed E-state index contributed by atoms with van der Waals surface area (Å²) in [6.07, 6.45) is 1.28. The first-order chi connectivity index (χ1) is 11.1. The second kappa shape index (κ2) is 6.01. The molecule has 2 aromatic carbocycles. The maximum absolute atomic E-state index is 12.4. The molecular formula is C15H12N4O3S. The molecule has 0 radical (unpaired) electrons. The monoisotopic (exact) mass is 328 g/mol. The Morgan fingerprint density at radius 3 is 2.39 bits per heavy atom. The Labute approximate surface area is 132 Å². The molecule has 116 valence electrons. The molecule has 0 fully saturated rings. The van der Waals surface area contributed by atoms with Gasteiger partial charge in [-0.25, -0.2) is 8.42 Å². The Morgan fingerprint density at radius 2 is 1.70 bits per heavy atom. The predicted molar refractivity (Wildman–Crippen MR) is 83.5 cm³/mol. The normalized spacial score (nSPS) is 11.1. The molecule has 0 unspecified atom stereocenters. The zero-order valence-corrected chi connectivity index (χ0v) is 12.6. The number of nitrogens with zero attached hydrogens (tertiary/aromatic N) is 2. The molecule has 0 aliphatic carbocycles. The molecule has 0 saturated carbocycles. The van der Waals surface area contributed by atoms with Crippen molar-refractivity contribution < 1.29 is 13.2 Å². The standard InChI is InChI=1S/C15H12N4O3S/c20-15(14-10-16-19-17-14)12-8-4-5-9-13(12)18-23(21,22)11-6-2-1-3-7-11/h1-10,18H,(H,16,17,19). The number of aromatic nitrogens is 3. The maximum atomic E-state index is 12.4. The highest BCUT2D eigenvalue weighted by Crippen LogP contribution is 2.21. The van der Waals surface area contributed by atoms with Gasteiger partial charge in [-0.2, -0.15) is 0 Å². The van der Waals surface area contributed by atoms with Crippen molar-refractivity contribution in [2.24, 2.45) is 0 Å². The molecule has 2 N–H and O–H groups in total. The van der Waals surface area contributed by atoms with Crippen LogP contribution < -0.4 is 4.72 Å². The first kappa shape index (κ1) is 14.9. The van der Waals surface area contributed by atoms with Crippen molar-refractivity contribution >= 4 is 21.5 Å². The highest BCUT2D eigenvalue weighted by Gasteiger charge is 2.19. The minimum Gasteiger partial charge on any atom is -0.287 e. The van der Waals surface area contributed by atoms with E-state index < -0.39 is 15.8 Å². The summed E-state index contributed by atoms with van der Waals surface area (Å²) in [7, 11) is -3.78. The lowest BCUT2D eigenvalue weighted by Gasteiger charge is -2.11. The molecule has 3 aromatic rings. The highest BCUT2D eigenvalue weighted by molar-refractivity contribution is 7.92. The van der Waals surface area contributed by atoms with Gasteiger partial charge in [0.1, 0.15) is 5.69 Å². The van der Waals surface area contributed by atoms with Crippen LogP contribution in [0, 0.1) is 0 Å². The second-order valence-electron chi connectivity index (χ2n) is 4.66. The number of H-pyrrole nitrogens is 1. The van der Waals surface area contributed by atoms with Crippen molar-refractivity contribution in [2.75, 3.05) is 4.72 Å². The van der Waals surface area contributed by atoms with E-state index in [2.05, 4.69) is 20.1 Å². The number of benzene rings is 2. The topological polar surface area (TPSA) is 105 Å². The van der Waals surface area contributed by atoms with Gasteiger partial charge in [0.25, 0.3) is 10.0 Å². The van der Waals surface area contributed by atoms with E-state index in [4.69, 9.17) is 0 Å². The zero-order valence-electron chi connectivity index (χ0n) is 11.8. The van der Waals surface area contributed by atoms with Crippen LogP contribution in [0.3, 0.4) is 0 Å². The molecule has 0 saturated heterocycles. The fourth-order valence-corrected chi connectivity index (χ4v) is 3.13. The summed E-state index contributed by atoms with van der Waals surface area (Å²) in [5.41, 5.74) is 0.574. The molecule has 1 heterocycles. The number of aromatic amines is 1. The molecule has 8 heteroatoms. The van der Waals surface area contributed by atoms with Gasteiger partial charge in [0.2, 0.25) is 5.78 Å². The van der Waals surface area contributed by atoms with Crippen LogP contribution in [0.15, 0.2) is 65.7 Å². The number of anilines is 1. The fourth-order valence-electron chi connectivity index (χ4n) is 2.03. The van der Waals surface area contributed by atoms with Gasteiger partial charge in [-0.05, 0) is 24.3 Å². The van der Waals surface area contributed by atoms with E-state index in [0.717, 1.165) is 0 Å². The van der Waals surface area contributed by atoms with Crippen molar-refractivity contribution in [1.82, 2.24) is 15.4 Å². The van der Waals surface area contributed by atoms with Gasteiger partial charge in [0.15, 0.2) is 0 Å². The Hall–Kier alpha value is -3.00. The minimum atomic E-state index is -3.78. The van der Waals surface area contributed by atoms with Gasteiger partial charge >= 0.3 is 0 Å². The summed E-state index contributed by atoms with van der Waals surface area (Å²) in [4.78, 5) is 12.5. The summed E-state index contributed by atoms with van der Waals surface area (Å²) in [5.74, 6) is -0.402. The van der Waals surface area contributed by atoms with Gasteiger partial charge in [-0.15, -0.1) is 5.10 Å². The van der Waals surface area contributed by atoms with Crippen LogP contribution in [-0.2, 0) is 10.0 Å². The largest absolute Gasteiger partial charge is 0.287 e. The SMILES string of the molecule is O=C(c1cnn[nH]1)c1ccccc1NS(=O)(=O)c1ccccc1. The quantitative estimate of drug-likeness (QED) is 0.695. The molecule has 0 aliphatic heterocycles. The molecule has 1 aromatic heterocycles. The molecule has 0 atom stereocenters. The van der Waals surface area contributed by atoms with Crippen molar-refractivity contribution in [3.05, 3.63) is 72.1 Å². The van der Waals surface area contributed by atoms with Crippen LogP contribution in [0.1, 0.15) is 16.1 Å². The van der Waals surface area contributed by atoms with E-state index in [9.17, 15) is 13.2 Å². The van der Waals surface area contributed by atoms with Crippen molar-refractivity contribution in [2.45, 2.75) is 4.90 Å². The van der Waals surface area contributed by atoms with E-state index in [1.165, 1.54) is 30.5 Å². The lowest BCUT2D eigenvalue weighted by Crippen LogP contribution is -2.16.